The third kappa shape index (κ3) is 4.37. The van der Waals surface area contributed by atoms with Gasteiger partial charge in [-0.25, -0.2) is 4.79 Å². The Morgan fingerprint density at radius 3 is 2.26 bits per heavy atom. The van der Waals surface area contributed by atoms with Crippen molar-refractivity contribution >= 4 is 18.0 Å². The summed E-state index contributed by atoms with van der Waals surface area (Å²) >= 11 is 0. The van der Waals surface area contributed by atoms with E-state index in [1.54, 1.807) is 0 Å². The molecule has 0 spiro atoms. The lowest BCUT2D eigenvalue weighted by molar-refractivity contribution is -0.141. The third-order valence-electron chi connectivity index (χ3n) is 7.19. The Morgan fingerprint density at radius 2 is 1.62 bits per heavy atom. The topological polar surface area (TPSA) is 114 Å². The summed E-state index contributed by atoms with van der Waals surface area (Å²) in [7, 11) is 0. The van der Waals surface area contributed by atoms with Crippen molar-refractivity contribution in [3.05, 3.63) is 59.7 Å². The number of hydrogen-bond donors (Lipinski definition) is 3. The predicted octanol–water partition coefficient (Wildman–Crippen LogP) is 2.91. The number of rotatable bonds is 6. The second-order valence-electron chi connectivity index (χ2n) is 9.27. The molecule has 3 aliphatic rings. The van der Waals surface area contributed by atoms with Crippen LogP contribution in [0.4, 0.5) is 4.79 Å². The van der Waals surface area contributed by atoms with E-state index < -0.39 is 29.9 Å². The smallest absolute Gasteiger partial charge is 0.407 e. The Kier molecular flexibility index (Phi) is 6.24. The van der Waals surface area contributed by atoms with E-state index in [1.807, 2.05) is 24.3 Å². The Bertz CT molecular complexity index is 1060. The molecular formula is C26H28N2O6. The van der Waals surface area contributed by atoms with Crippen LogP contribution in [0.25, 0.3) is 11.1 Å². The lowest BCUT2D eigenvalue weighted by Gasteiger charge is -2.21. The van der Waals surface area contributed by atoms with Gasteiger partial charge < -0.3 is 25.2 Å². The first-order valence-electron chi connectivity index (χ1n) is 11.7. The number of fused-ring (bicyclic) bond motifs is 3. The van der Waals surface area contributed by atoms with Gasteiger partial charge in [-0.1, -0.05) is 48.5 Å². The fourth-order valence-corrected chi connectivity index (χ4v) is 5.39. The molecule has 2 aromatic rings. The molecule has 4 unspecified atom stereocenters. The first-order valence-corrected chi connectivity index (χ1v) is 11.7. The van der Waals surface area contributed by atoms with Crippen LogP contribution in [0.2, 0.25) is 0 Å². The van der Waals surface area contributed by atoms with E-state index in [-0.39, 0.29) is 37.7 Å². The van der Waals surface area contributed by atoms with Gasteiger partial charge in [0, 0.05) is 12.0 Å². The first kappa shape index (κ1) is 22.4. The fraction of sp³-hybridized carbons (Fsp3) is 0.423. The maximum Gasteiger partial charge on any atom is 0.407 e. The molecule has 2 amide bonds. The number of carboxylic acids is 1. The molecular weight excluding hydrogens is 436 g/mol. The minimum Gasteiger partial charge on any atom is -0.481 e. The van der Waals surface area contributed by atoms with E-state index in [4.69, 9.17) is 14.6 Å². The van der Waals surface area contributed by atoms with Crippen molar-refractivity contribution in [3.8, 4) is 11.1 Å². The average molecular weight is 465 g/mol. The number of amides is 2. The van der Waals surface area contributed by atoms with E-state index >= 15 is 0 Å². The van der Waals surface area contributed by atoms with E-state index in [0.29, 0.717) is 19.3 Å². The summed E-state index contributed by atoms with van der Waals surface area (Å²) in [5.74, 6) is -2.04. The molecule has 0 radical (unpaired) electrons. The highest BCUT2D eigenvalue weighted by atomic mass is 16.5. The van der Waals surface area contributed by atoms with Gasteiger partial charge in [-0.3, -0.25) is 9.59 Å². The Morgan fingerprint density at radius 1 is 0.941 bits per heavy atom. The van der Waals surface area contributed by atoms with Gasteiger partial charge in [-0.15, -0.1) is 0 Å². The van der Waals surface area contributed by atoms with Gasteiger partial charge in [0.2, 0.25) is 5.91 Å². The third-order valence-corrected chi connectivity index (χ3v) is 7.19. The van der Waals surface area contributed by atoms with Gasteiger partial charge in [-0.05, 0) is 41.5 Å². The molecule has 0 bridgehead atoms. The zero-order valence-electron chi connectivity index (χ0n) is 18.7. The maximum atomic E-state index is 12.8. The molecule has 34 heavy (non-hydrogen) atoms. The summed E-state index contributed by atoms with van der Waals surface area (Å²) < 4.78 is 11.1. The van der Waals surface area contributed by atoms with Crippen LogP contribution in [0, 0.1) is 11.8 Å². The van der Waals surface area contributed by atoms with Crippen molar-refractivity contribution < 1.29 is 29.0 Å². The highest BCUT2D eigenvalue weighted by Gasteiger charge is 2.38. The molecule has 3 N–H and O–H groups in total. The number of alkyl carbamates (subject to hydrolysis) is 1. The van der Waals surface area contributed by atoms with E-state index in [2.05, 4.69) is 34.9 Å². The summed E-state index contributed by atoms with van der Waals surface area (Å²) in [5, 5.41) is 14.9. The standard InChI is InChI=1S/C26H28N2O6/c29-24(27-16-10-9-15(11-16)25(30)31)22-12-33-14-23(22)28-26(32)34-13-21-19-7-3-1-5-17(19)18-6-2-4-8-20(18)21/h1-8,15-16,21-23H,9-14H2,(H,27,29)(H,28,32)(H,30,31). The summed E-state index contributed by atoms with van der Waals surface area (Å²) in [6, 6.07) is 15.6. The van der Waals surface area contributed by atoms with Crippen molar-refractivity contribution in [2.75, 3.05) is 19.8 Å². The molecule has 8 nitrogen and oxygen atoms in total. The molecule has 2 aliphatic carbocycles. The van der Waals surface area contributed by atoms with E-state index in [0.717, 1.165) is 22.3 Å². The number of aliphatic carboxylic acids is 1. The number of hydrogen-bond acceptors (Lipinski definition) is 5. The van der Waals surface area contributed by atoms with Crippen molar-refractivity contribution in [1.29, 1.82) is 0 Å². The molecule has 8 heteroatoms. The number of carbonyl (C=O) groups excluding carboxylic acids is 2. The SMILES string of the molecule is O=C(NC1COCC1C(=O)NC1CCC(C(=O)O)C1)OCC1c2ccccc2-c2ccccc21. The number of carboxylic acid groups (broad SMARTS) is 1. The summed E-state index contributed by atoms with van der Waals surface area (Å²) in [5.41, 5.74) is 4.58. The minimum atomic E-state index is -0.823. The van der Waals surface area contributed by atoms with Crippen LogP contribution in [0.1, 0.15) is 36.3 Å². The zero-order valence-corrected chi connectivity index (χ0v) is 18.7. The van der Waals surface area contributed by atoms with Crippen LogP contribution >= 0.6 is 0 Å². The molecule has 4 atom stereocenters. The van der Waals surface area contributed by atoms with Gasteiger partial charge >= 0.3 is 12.1 Å². The average Bonchev–Trinajstić information content (AvgIpc) is 3.56. The zero-order chi connectivity index (χ0) is 23.7. The van der Waals surface area contributed by atoms with Crippen LogP contribution in [0.15, 0.2) is 48.5 Å². The highest BCUT2D eigenvalue weighted by molar-refractivity contribution is 5.82. The van der Waals surface area contributed by atoms with Crippen LogP contribution in [0.5, 0.6) is 0 Å². The number of ether oxygens (including phenoxy) is 2. The molecule has 2 aromatic carbocycles. The van der Waals surface area contributed by atoms with Gasteiger partial charge in [-0.2, -0.15) is 0 Å². The second kappa shape index (κ2) is 9.46. The summed E-state index contributed by atoms with van der Waals surface area (Å²) in [6.45, 7) is 0.628. The Labute approximate surface area is 197 Å². The van der Waals surface area contributed by atoms with Gasteiger partial charge in [0.25, 0.3) is 0 Å². The van der Waals surface area contributed by atoms with Crippen LogP contribution < -0.4 is 10.6 Å². The van der Waals surface area contributed by atoms with Gasteiger partial charge in [0.05, 0.1) is 31.1 Å². The van der Waals surface area contributed by atoms with Gasteiger partial charge in [0.15, 0.2) is 0 Å². The van der Waals surface area contributed by atoms with Crippen molar-refractivity contribution in [2.45, 2.75) is 37.3 Å². The fourth-order valence-electron chi connectivity index (χ4n) is 5.39. The molecule has 178 valence electrons. The van der Waals surface area contributed by atoms with Crippen molar-refractivity contribution in [2.24, 2.45) is 11.8 Å². The van der Waals surface area contributed by atoms with E-state index in [1.165, 1.54) is 0 Å². The molecule has 1 aliphatic heterocycles. The van der Waals surface area contributed by atoms with Gasteiger partial charge in [0.1, 0.15) is 6.61 Å². The van der Waals surface area contributed by atoms with E-state index in [9.17, 15) is 14.4 Å². The van der Waals surface area contributed by atoms with Crippen LogP contribution in [-0.4, -0.2) is 55.0 Å². The molecule has 5 rings (SSSR count). The lowest BCUT2D eigenvalue weighted by atomic mass is 9.98. The summed E-state index contributed by atoms with van der Waals surface area (Å²) in [6.07, 6.45) is 1.05. The molecule has 1 saturated heterocycles. The largest absolute Gasteiger partial charge is 0.481 e. The summed E-state index contributed by atoms with van der Waals surface area (Å²) in [4.78, 5) is 36.6. The molecule has 2 fully saturated rings. The Hall–Kier alpha value is -3.39. The predicted molar refractivity (Wildman–Crippen MR) is 123 cm³/mol. The van der Waals surface area contributed by atoms with Crippen LogP contribution in [-0.2, 0) is 19.1 Å². The monoisotopic (exact) mass is 464 g/mol. The number of nitrogens with one attached hydrogen (secondary N) is 2. The molecule has 1 heterocycles. The van der Waals surface area contributed by atoms with Crippen molar-refractivity contribution in [3.63, 3.8) is 0 Å². The quantitative estimate of drug-likeness (QED) is 0.606. The molecule has 1 saturated carbocycles. The van der Waals surface area contributed by atoms with Crippen LogP contribution in [0.3, 0.4) is 0 Å². The highest BCUT2D eigenvalue weighted by Crippen LogP contribution is 2.44. The maximum absolute atomic E-state index is 12.8. The Balaban J connectivity index is 1.17. The first-order chi connectivity index (χ1) is 16.5. The number of carbonyl (C=O) groups is 3. The van der Waals surface area contributed by atoms with Crippen molar-refractivity contribution in [1.82, 2.24) is 10.6 Å². The second-order valence-corrected chi connectivity index (χ2v) is 9.27. The normalized spacial score (nSPS) is 25.4. The number of benzene rings is 2. The minimum absolute atomic E-state index is 0.0402. The molecule has 0 aromatic heterocycles. The lowest BCUT2D eigenvalue weighted by Crippen LogP contribution is -2.48.